The van der Waals surface area contributed by atoms with Crippen molar-refractivity contribution in [3.8, 4) is 0 Å². The number of hydrogen-bond acceptors (Lipinski definition) is 4. The molecule has 2 fully saturated rings. The summed E-state index contributed by atoms with van der Waals surface area (Å²) in [5.74, 6) is -0.211. The predicted molar refractivity (Wildman–Crippen MR) is 74.8 cm³/mol. The topological polar surface area (TPSA) is 56.9 Å². The van der Waals surface area contributed by atoms with Crippen molar-refractivity contribution in [1.82, 2.24) is 9.80 Å². The first-order valence-electron chi connectivity index (χ1n) is 7.51. The summed E-state index contributed by atoms with van der Waals surface area (Å²) in [6, 6.07) is 3.98. The minimum absolute atomic E-state index is 0.0341. The number of likely N-dealkylation sites (tertiary alicyclic amines) is 2. The van der Waals surface area contributed by atoms with E-state index < -0.39 is 5.97 Å². The first-order chi connectivity index (χ1) is 9.72. The van der Waals surface area contributed by atoms with Gasteiger partial charge in [0.25, 0.3) is 0 Å². The number of carboxylic acids is 1. The highest BCUT2D eigenvalue weighted by Crippen LogP contribution is 2.22. The Morgan fingerprint density at radius 1 is 1.25 bits per heavy atom. The fourth-order valence-electron chi connectivity index (χ4n) is 3.34. The molecular weight excluding hydrogens is 256 g/mol. The van der Waals surface area contributed by atoms with Crippen LogP contribution < -0.4 is 0 Å². The molecule has 1 N–H and O–H groups in total. The molecule has 20 heavy (non-hydrogen) atoms. The summed E-state index contributed by atoms with van der Waals surface area (Å²) in [7, 11) is 0. The summed E-state index contributed by atoms with van der Waals surface area (Å²) in [5.41, 5.74) is 0. The summed E-state index contributed by atoms with van der Waals surface area (Å²) in [6.45, 7) is 5.34. The Balaban J connectivity index is 1.52. The van der Waals surface area contributed by atoms with E-state index in [0.29, 0.717) is 6.04 Å². The van der Waals surface area contributed by atoms with Crippen LogP contribution in [0.25, 0.3) is 0 Å². The summed E-state index contributed by atoms with van der Waals surface area (Å²) >= 11 is 0. The molecule has 1 atom stereocenters. The first-order valence-corrected chi connectivity index (χ1v) is 7.51. The lowest BCUT2D eigenvalue weighted by atomic mass is 10.1. The van der Waals surface area contributed by atoms with Gasteiger partial charge in [-0.1, -0.05) is 6.42 Å². The average Bonchev–Trinajstić information content (AvgIpc) is 3.10. The van der Waals surface area contributed by atoms with Crippen LogP contribution in [0.5, 0.6) is 0 Å². The Labute approximate surface area is 119 Å². The van der Waals surface area contributed by atoms with Crippen LogP contribution in [0.2, 0.25) is 0 Å². The Kier molecular flexibility index (Phi) is 4.08. The molecule has 1 aromatic heterocycles. The molecule has 0 bridgehead atoms. The van der Waals surface area contributed by atoms with Gasteiger partial charge in [0.15, 0.2) is 0 Å². The summed E-state index contributed by atoms with van der Waals surface area (Å²) in [4.78, 5) is 15.8. The van der Waals surface area contributed by atoms with E-state index in [0.717, 1.165) is 25.4 Å². The number of furan rings is 1. The minimum atomic E-state index is -0.996. The Hall–Kier alpha value is -1.33. The lowest BCUT2D eigenvalue weighted by Gasteiger charge is -2.32. The maximum Gasteiger partial charge on any atom is 0.371 e. The quantitative estimate of drug-likeness (QED) is 0.913. The maximum absolute atomic E-state index is 10.8. The first kappa shape index (κ1) is 13.6. The van der Waals surface area contributed by atoms with Crippen LogP contribution in [0.4, 0.5) is 0 Å². The van der Waals surface area contributed by atoms with Crippen molar-refractivity contribution >= 4 is 5.97 Å². The SMILES string of the molecule is O=C(O)c1ccc(CN2CCC(N3CCCCC3)C2)o1. The molecule has 2 aliphatic rings. The van der Waals surface area contributed by atoms with E-state index in [4.69, 9.17) is 9.52 Å². The zero-order chi connectivity index (χ0) is 13.9. The molecule has 5 heteroatoms. The number of carboxylic acid groups (broad SMARTS) is 1. The Morgan fingerprint density at radius 3 is 2.75 bits per heavy atom. The second-order valence-electron chi connectivity index (χ2n) is 5.85. The molecule has 5 nitrogen and oxygen atoms in total. The fraction of sp³-hybridized carbons (Fsp3) is 0.667. The smallest absolute Gasteiger partial charge is 0.371 e. The molecule has 1 aromatic rings. The molecule has 0 radical (unpaired) electrons. The van der Waals surface area contributed by atoms with Gasteiger partial charge in [0, 0.05) is 19.1 Å². The number of aromatic carboxylic acids is 1. The van der Waals surface area contributed by atoms with Gasteiger partial charge in [-0.05, 0) is 44.5 Å². The molecule has 2 aliphatic heterocycles. The monoisotopic (exact) mass is 278 g/mol. The predicted octanol–water partition coefficient (Wildman–Crippen LogP) is 2.04. The van der Waals surface area contributed by atoms with Crippen molar-refractivity contribution in [3.05, 3.63) is 23.7 Å². The normalized spacial score (nSPS) is 25.1. The average molecular weight is 278 g/mol. The third kappa shape index (κ3) is 3.04. The number of nitrogens with zero attached hydrogens (tertiary/aromatic N) is 2. The van der Waals surface area contributed by atoms with Crippen molar-refractivity contribution < 1.29 is 14.3 Å². The van der Waals surface area contributed by atoms with Crippen molar-refractivity contribution in [3.63, 3.8) is 0 Å². The maximum atomic E-state index is 10.8. The van der Waals surface area contributed by atoms with Crippen molar-refractivity contribution in [2.24, 2.45) is 0 Å². The largest absolute Gasteiger partial charge is 0.475 e. The number of carbonyl (C=O) groups is 1. The van der Waals surface area contributed by atoms with Crippen LogP contribution in [-0.4, -0.2) is 53.1 Å². The van der Waals surface area contributed by atoms with Gasteiger partial charge in [-0.15, -0.1) is 0 Å². The van der Waals surface area contributed by atoms with Gasteiger partial charge in [0.1, 0.15) is 5.76 Å². The molecule has 1 unspecified atom stereocenters. The van der Waals surface area contributed by atoms with Crippen LogP contribution in [0.3, 0.4) is 0 Å². The van der Waals surface area contributed by atoms with Crippen LogP contribution in [-0.2, 0) is 6.54 Å². The van der Waals surface area contributed by atoms with E-state index in [1.165, 1.54) is 44.8 Å². The third-order valence-electron chi connectivity index (χ3n) is 4.41. The zero-order valence-corrected chi connectivity index (χ0v) is 11.8. The molecule has 0 spiro atoms. The zero-order valence-electron chi connectivity index (χ0n) is 11.8. The van der Waals surface area contributed by atoms with Crippen molar-refractivity contribution in [1.29, 1.82) is 0 Å². The second-order valence-corrected chi connectivity index (χ2v) is 5.85. The van der Waals surface area contributed by atoms with E-state index in [9.17, 15) is 4.79 Å². The molecule has 0 aromatic carbocycles. The number of piperidine rings is 1. The highest BCUT2D eigenvalue weighted by Gasteiger charge is 2.28. The Bertz CT molecular complexity index is 465. The second kappa shape index (κ2) is 5.97. The highest BCUT2D eigenvalue weighted by atomic mass is 16.4. The summed E-state index contributed by atoms with van der Waals surface area (Å²) < 4.78 is 5.33. The van der Waals surface area contributed by atoms with Crippen LogP contribution in [0.15, 0.2) is 16.5 Å². The number of hydrogen-bond donors (Lipinski definition) is 1. The fourth-order valence-corrected chi connectivity index (χ4v) is 3.34. The number of rotatable bonds is 4. The van der Waals surface area contributed by atoms with Gasteiger partial charge in [0.05, 0.1) is 6.54 Å². The third-order valence-corrected chi connectivity index (χ3v) is 4.41. The molecule has 0 amide bonds. The van der Waals surface area contributed by atoms with Gasteiger partial charge in [-0.2, -0.15) is 0 Å². The standard InChI is InChI=1S/C15H22N2O3/c18-15(19)14-5-4-13(20-14)11-16-9-6-12(10-16)17-7-2-1-3-8-17/h4-5,12H,1-3,6-11H2,(H,18,19). The molecule has 0 aliphatic carbocycles. The van der Waals surface area contributed by atoms with Gasteiger partial charge >= 0.3 is 5.97 Å². The molecule has 3 heterocycles. The lowest BCUT2D eigenvalue weighted by molar-refractivity contribution is 0.0658. The van der Waals surface area contributed by atoms with E-state index in [1.807, 2.05) is 0 Å². The van der Waals surface area contributed by atoms with E-state index in [-0.39, 0.29) is 5.76 Å². The Morgan fingerprint density at radius 2 is 2.05 bits per heavy atom. The summed E-state index contributed by atoms with van der Waals surface area (Å²) in [5, 5.41) is 8.86. The summed E-state index contributed by atoms with van der Waals surface area (Å²) in [6.07, 6.45) is 5.25. The lowest BCUT2D eigenvalue weighted by Crippen LogP contribution is -2.40. The van der Waals surface area contributed by atoms with Crippen molar-refractivity contribution in [2.75, 3.05) is 26.2 Å². The molecule has 3 rings (SSSR count). The molecule has 0 saturated carbocycles. The van der Waals surface area contributed by atoms with Gasteiger partial charge in [-0.3, -0.25) is 9.80 Å². The van der Waals surface area contributed by atoms with E-state index in [1.54, 1.807) is 6.07 Å². The molecular formula is C15H22N2O3. The van der Waals surface area contributed by atoms with E-state index in [2.05, 4.69) is 9.80 Å². The van der Waals surface area contributed by atoms with Gasteiger partial charge in [-0.25, -0.2) is 4.79 Å². The minimum Gasteiger partial charge on any atom is -0.475 e. The molecule has 2 saturated heterocycles. The van der Waals surface area contributed by atoms with Gasteiger partial charge < -0.3 is 9.52 Å². The van der Waals surface area contributed by atoms with Crippen LogP contribution >= 0.6 is 0 Å². The molecule has 110 valence electrons. The van der Waals surface area contributed by atoms with E-state index >= 15 is 0 Å². The van der Waals surface area contributed by atoms with Gasteiger partial charge in [0.2, 0.25) is 5.76 Å². The highest BCUT2D eigenvalue weighted by molar-refractivity contribution is 5.84. The van der Waals surface area contributed by atoms with Crippen LogP contribution in [0, 0.1) is 0 Å². The van der Waals surface area contributed by atoms with Crippen molar-refractivity contribution in [2.45, 2.75) is 38.3 Å². The van der Waals surface area contributed by atoms with Crippen LogP contribution in [0.1, 0.15) is 42.0 Å².